The number of carbonyl (C=O) groups is 2. The van der Waals surface area contributed by atoms with Crippen LogP contribution in [-0.4, -0.2) is 28.9 Å². The molecule has 2 aromatic rings. The molecule has 1 N–H and O–H groups in total. The van der Waals surface area contributed by atoms with Crippen molar-refractivity contribution in [2.75, 3.05) is 7.05 Å². The van der Waals surface area contributed by atoms with Gasteiger partial charge in [-0.2, -0.15) is 0 Å². The van der Waals surface area contributed by atoms with Crippen LogP contribution in [-0.2, 0) is 6.54 Å². The molecule has 2 aromatic heterocycles. The quantitative estimate of drug-likeness (QED) is 0.937. The van der Waals surface area contributed by atoms with Gasteiger partial charge in [-0.15, -0.1) is 22.7 Å². The maximum absolute atomic E-state index is 12.1. The van der Waals surface area contributed by atoms with Crippen LogP contribution in [0.1, 0.15) is 24.2 Å². The van der Waals surface area contributed by atoms with Crippen molar-refractivity contribution in [3.8, 4) is 0 Å². The molecular formula is C12H11NO3S2. The van der Waals surface area contributed by atoms with E-state index < -0.39 is 5.97 Å². The van der Waals surface area contributed by atoms with Gasteiger partial charge in [0.05, 0.1) is 11.4 Å². The lowest BCUT2D eigenvalue weighted by Gasteiger charge is -2.14. The molecule has 0 saturated carbocycles. The fourth-order valence-electron chi connectivity index (χ4n) is 1.46. The van der Waals surface area contributed by atoms with E-state index in [1.807, 2.05) is 17.5 Å². The Morgan fingerprint density at radius 1 is 1.28 bits per heavy atom. The average molecular weight is 281 g/mol. The summed E-state index contributed by atoms with van der Waals surface area (Å²) in [5, 5.41) is 10.8. The maximum Gasteiger partial charge on any atom is 0.345 e. The Balaban J connectivity index is 2.08. The van der Waals surface area contributed by atoms with Gasteiger partial charge in [-0.25, -0.2) is 4.79 Å². The summed E-state index contributed by atoms with van der Waals surface area (Å²) in [6.07, 6.45) is 0. The van der Waals surface area contributed by atoms with Crippen LogP contribution in [0.3, 0.4) is 0 Å². The molecule has 2 heterocycles. The third-order valence-corrected chi connectivity index (χ3v) is 4.27. The summed E-state index contributed by atoms with van der Waals surface area (Å²) < 4.78 is 0. The highest BCUT2D eigenvalue weighted by Crippen LogP contribution is 2.19. The van der Waals surface area contributed by atoms with E-state index in [0.29, 0.717) is 11.4 Å². The first-order valence-corrected chi connectivity index (χ1v) is 6.88. The molecule has 0 fully saturated rings. The van der Waals surface area contributed by atoms with Crippen LogP contribution >= 0.6 is 22.7 Å². The van der Waals surface area contributed by atoms with Crippen molar-refractivity contribution in [3.05, 3.63) is 44.3 Å². The van der Waals surface area contributed by atoms with Crippen molar-refractivity contribution in [1.29, 1.82) is 0 Å². The SMILES string of the molecule is CN(Cc1cccs1)C(=O)c1ccc(C(=O)O)s1. The van der Waals surface area contributed by atoms with Gasteiger partial charge in [0.15, 0.2) is 0 Å². The number of carboxylic acid groups (broad SMARTS) is 1. The van der Waals surface area contributed by atoms with E-state index in [1.54, 1.807) is 29.4 Å². The van der Waals surface area contributed by atoms with E-state index in [1.165, 1.54) is 6.07 Å². The molecule has 0 atom stereocenters. The maximum atomic E-state index is 12.1. The third kappa shape index (κ3) is 2.77. The number of aromatic carboxylic acids is 1. The van der Waals surface area contributed by atoms with Gasteiger partial charge < -0.3 is 10.0 Å². The van der Waals surface area contributed by atoms with Crippen molar-refractivity contribution >= 4 is 34.6 Å². The van der Waals surface area contributed by atoms with E-state index in [9.17, 15) is 9.59 Å². The molecule has 0 bridgehead atoms. The minimum absolute atomic E-state index is 0.152. The van der Waals surface area contributed by atoms with Crippen molar-refractivity contribution in [2.24, 2.45) is 0 Å². The van der Waals surface area contributed by atoms with Crippen LogP contribution in [0.4, 0.5) is 0 Å². The Bertz CT molecular complexity index is 560. The second-order valence-corrected chi connectivity index (χ2v) is 5.83. The number of carboxylic acids is 1. The zero-order chi connectivity index (χ0) is 13.1. The Kier molecular flexibility index (Phi) is 3.78. The molecule has 1 amide bonds. The highest BCUT2D eigenvalue weighted by Gasteiger charge is 2.16. The van der Waals surface area contributed by atoms with E-state index in [4.69, 9.17) is 5.11 Å². The number of hydrogen-bond acceptors (Lipinski definition) is 4. The van der Waals surface area contributed by atoms with Gasteiger partial charge in [-0.3, -0.25) is 4.79 Å². The fraction of sp³-hybridized carbons (Fsp3) is 0.167. The summed E-state index contributed by atoms with van der Waals surface area (Å²) >= 11 is 2.59. The van der Waals surface area contributed by atoms with Crippen LogP contribution in [0.5, 0.6) is 0 Å². The highest BCUT2D eigenvalue weighted by atomic mass is 32.1. The molecular weight excluding hydrogens is 270 g/mol. The standard InChI is InChI=1S/C12H11NO3S2/c1-13(7-8-3-2-6-17-8)11(14)9-4-5-10(18-9)12(15)16/h2-6H,7H2,1H3,(H,15,16). The number of rotatable bonds is 4. The molecule has 0 aromatic carbocycles. The van der Waals surface area contributed by atoms with Crippen LogP contribution in [0, 0.1) is 0 Å². The van der Waals surface area contributed by atoms with Gasteiger partial charge in [0.1, 0.15) is 4.88 Å². The van der Waals surface area contributed by atoms with Gasteiger partial charge in [0.2, 0.25) is 0 Å². The highest BCUT2D eigenvalue weighted by molar-refractivity contribution is 7.15. The molecule has 18 heavy (non-hydrogen) atoms. The zero-order valence-electron chi connectivity index (χ0n) is 9.62. The van der Waals surface area contributed by atoms with Gasteiger partial charge in [-0.05, 0) is 23.6 Å². The number of hydrogen-bond donors (Lipinski definition) is 1. The normalized spacial score (nSPS) is 10.3. The molecule has 0 aliphatic rings. The number of carbonyl (C=O) groups excluding carboxylic acids is 1. The summed E-state index contributed by atoms with van der Waals surface area (Å²) in [7, 11) is 1.71. The molecule has 0 radical (unpaired) electrons. The molecule has 0 saturated heterocycles. The van der Waals surface area contributed by atoms with Gasteiger partial charge in [0, 0.05) is 11.9 Å². The van der Waals surface area contributed by atoms with Crippen molar-refractivity contribution in [3.63, 3.8) is 0 Å². The summed E-state index contributed by atoms with van der Waals surface area (Å²) in [5.41, 5.74) is 0. The average Bonchev–Trinajstić information content (AvgIpc) is 2.98. The second kappa shape index (κ2) is 5.32. The first kappa shape index (κ1) is 12.8. The lowest BCUT2D eigenvalue weighted by atomic mass is 10.3. The van der Waals surface area contributed by atoms with Gasteiger partial charge in [-0.1, -0.05) is 6.07 Å². The molecule has 0 spiro atoms. The summed E-state index contributed by atoms with van der Waals surface area (Å²) in [5.74, 6) is -1.15. The van der Waals surface area contributed by atoms with E-state index in [-0.39, 0.29) is 10.8 Å². The predicted molar refractivity (Wildman–Crippen MR) is 71.4 cm³/mol. The molecule has 0 unspecified atom stereocenters. The minimum atomic E-state index is -1.00. The molecule has 94 valence electrons. The van der Waals surface area contributed by atoms with E-state index in [0.717, 1.165) is 16.2 Å². The fourth-order valence-corrected chi connectivity index (χ4v) is 3.06. The Labute approximate surface area is 112 Å². The number of nitrogens with zero attached hydrogens (tertiary/aromatic N) is 1. The van der Waals surface area contributed by atoms with E-state index in [2.05, 4.69) is 0 Å². The predicted octanol–water partition coefficient (Wildman–Crippen LogP) is 2.78. The second-order valence-electron chi connectivity index (χ2n) is 3.71. The van der Waals surface area contributed by atoms with Crippen LogP contribution in [0.15, 0.2) is 29.6 Å². The Hall–Kier alpha value is -1.66. The topological polar surface area (TPSA) is 57.6 Å². The van der Waals surface area contributed by atoms with Gasteiger partial charge in [0.25, 0.3) is 5.91 Å². The monoisotopic (exact) mass is 281 g/mol. The molecule has 0 aliphatic carbocycles. The first-order valence-electron chi connectivity index (χ1n) is 5.19. The minimum Gasteiger partial charge on any atom is -0.477 e. The Morgan fingerprint density at radius 2 is 2.00 bits per heavy atom. The van der Waals surface area contributed by atoms with Crippen molar-refractivity contribution in [2.45, 2.75) is 6.54 Å². The van der Waals surface area contributed by atoms with Crippen LogP contribution in [0.25, 0.3) is 0 Å². The number of amides is 1. The summed E-state index contributed by atoms with van der Waals surface area (Å²) in [6.45, 7) is 0.538. The van der Waals surface area contributed by atoms with Crippen LogP contribution in [0.2, 0.25) is 0 Å². The molecule has 0 aliphatic heterocycles. The smallest absolute Gasteiger partial charge is 0.345 e. The zero-order valence-corrected chi connectivity index (χ0v) is 11.3. The molecule has 2 rings (SSSR count). The number of thiophene rings is 2. The van der Waals surface area contributed by atoms with Crippen molar-refractivity contribution in [1.82, 2.24) is 4.90 Å². The molecule has 6 heteroatoms. The first-order chi connectivity index (χ1) is 8.58. The summed E-state index contributed by atoms with van der Waals surface area (Å²) in [6, 6.07) is 6.91. The Morgan fingerprint density at radius 3 is 2.56 bits per heavy atom. The van der Waals surface area contributed by atoms with E-state index >= 15 is 0 Å². The lowest BCUT2D eigenvalue weighted by Crippen LogP contribution is -2.24. The molecule has 4 nitrogen and oxygen atoms in total. The van der Waals surface area contributed by atoms with Crippen LogP contribution < -0.4 is 0 Å². The van der Waals surface area contributed by atoms with Gasteiger partial charge >= 0.3 is 5.97 Å². The largest absolute Gasteiger partial charge is 0.477 e. The summed E-state index contributed by atoms with van der Waals surface area (Å²) in [4.78, 5) is 26.1. The lowest BCUT2D eigenvalue weighted by molar-refractivity contribution is 0.0701. The van der Waals surface area contributed by atoms with Crippen molar-refractivity contribution < 1.29 is 14.7 Å². The third-order valence-electron chi connectivity index (χ3n) is 2.35.